The number of ether oxygens (including phenoxy) is 2. The Kier molecular flexibility index (Phi) is 5.90. The van der Waals surface area contributed by atoms with E-state index in [1.807, 2.05) is 0 Å². The quantitative estimate of drug-likeness (QED) is 0.453. The summed E-state index contributed by atoms with van der Waals surface area (Å²) in [5, 5.41) is 1.71. The Labute approximate surface area is 171 Å². The van der Waals surface area contributed by atoms with Crippen molar-refractivity contribution in [1.29, 1.82) is 0 Å². The molecule has 0 radical (unpaired) electrons. The van der Waals surface area contributed by atoms with Crippen LogP contribution in [0.1, 0.15) is 6.42 Å². The van der Waals surface area contributed by atoms with Crippen molar-refractivity contribution in [1.82, 2.24) is 0 Å². The minimum absolute atomic E-state index is 0.0371. The van der Waals surface area contributed by atoms with Crippen LogP contribution in [0.15, 0.2) is 46.0 Å². The van der Waals surface area contributed by atoms with Gasteiger partial charge in [-0.15, -0.1) is 34.5 Å². The number of carbonyl (C=O) groups is 1. The largest absolute Gasteiger partial charge is 0.482 e. The lowest BCUT2D eigenvalue weighted by molar-refractivity contribution is -0.146. The van der Waals surface area contributed by atoms with Crippen LogP contribution in [0.5, 0.6) is 5.75 Å². The van der Waals surface area contributed by atoms with E-state index < -0.39 is 20.3 Å². The average molecular weight is 450 g/mol. The van der Waals surface area contributed by atoms with Gasteiger partial charge in [0.2, 0.25) is 0 Å². The first kappa shape index (κ1) is 20.3. The summed E-state index contributed by atoms with van der Waals surface area (Å²) < 4.78 is 36.1. The smallest absolute Gasteiger partial charge is 0.344 e. The zero-order valence-electron chi connectivity index (χ0n) is 14.3. The molecule has 1 aromatic carbocycles. The molecule has 10 heteroatoms. The molecule has 0 amide bonds. The molecule has 6 nitrogen and oxygen atoms in total. The van der Waals surface area contributed by atoms with E-state index in [-0.39, 0.29) is 23.3 Å². The molecule has 1 fully saturated rings. The minimum Gasteiger partial charge on any atom is -0.482 e. The maximum atomic E-state index is 12.5. The van der Waals surface area contributed by atoms with Crippen LogP contribution >= 0.6 is 34.5 Å². The Bertz CT molecular complexity index is 898. The summed E-state index contributed by atoms with van der Waals surface area (Å²) in [6.45, 7) is -0.0908. The van der Waals surface area contributed by atoms with Gasteiger partial charge in [-0.05, 0) is 42.1 Å². The summed E-state index contributed by atoms with van der Waals surface area (Å²) in [5.41, 5.74) is 0.479. The third-order valence-electron chi connectivity index (χ3n) is 4.07. The third-order valence-corrected chi connectivity index (χ3v) is 8.15. The number of rotatable bonds is 8. The Morgan fingerprint density at radius 1 is 1.30 bits per heavy atom. The summed E-state index contributed by atoms with van der Waals surface area (Å²) in [6, 6.07) is 9.63. The molecule has 1 saturated carbocycles. The predicted octanol–water partition coefficient (Wildman–Crippen LogP) is 3.69. The van der Waals surface area contributed by atoms with Crippen LogP contribution in [0.2, 0.25) is 0 Å². The molecule has 3 rings (SSSR count). The van der Waals surface area contributed by atoms with E-state index in [4.69, 9.17) is 32.7 Å². The summed E-state index contributed by atoms with van der Waals surface area (Å²) in [6.07, 6.45) is 0.605. The number of hydrogen-bond acceptors (Lipinski definition) is 6. The molecule has 1 heterocycles. The highest BCUT2D eigenvalue weighted by molar-refractivity contribution is 7.94. The van der Waals surface area contributed by atoms with Gasteiger partial charge < -0.3 is 9.47 Å². The third kappa shape index (κ3) is 4.87. The number of alkyl halides is 2. The fourth-order valence-corrected chi connectivity index (χ4v) is 5.12. The second kappa shape index (κ2) is 7.87. The fourth-order valence-electron chi connectivity index (χ4n) is 2.26. The highest BCUT2D eigenvalue weighted by atomic mass is 35.5. The normalized spacial score (nSPS) is 18.0. The van der Waals surface area contributed by atoms with Crippen LogP contribution in [0.25, 0.3) is 0 Å². The van der Waals surface area contributed by atoms with E-state index in [1.165, 1.54) is 11.4 Å². The van der Waals surface area contributed by atoms with Crippen molar-refractivity contribution < 1.29 is 22.7 Å². The number of carbonyl (C=O) groups excluding carboxylic acids is 1. The van der Waals surface area contributed by atoms with Gasteiger partial charge in [0, 0.05) is 13.0 Å². The van der Waals surface area contributed by atoms with Crippen molar-refractivity contribution in [2.75, 3.05) is 24.6 Å². The highest BCUT2D eigenvalue weighted by Gasteiger charge is 2.52. The van der Waals surface area contributed by atoms with E-state index in [0.29, 0.717) is 17.9 Å². The lowest BCUT2D eigenvalue weighted by Gasteiger charge is -2.18. The predicted molar refractivity (Wildman–Crippen MR) is 105 cm³/mol. The fraction of sp³-hybridized carbons (Fsp3) is 0.353. The molecule has 0 saturated heterocycles. The number of benzene rings is 1. The van der Waals surface area contributed by atoms with Crippen LogP contribution in [0.3, 0.4) is 0 Å². The van der Waals surface area contributed by atoms with Gasteiger partial charge in [0.05, 0.1) is 12.3 Å². The number of anilines is 1. The lowest BCUT2D eigenvalue weighted by Crippen LogP contribution is -2.25. The number of nitrogens with zero attached hydrogens (tertiary/aromatic N) is 1. The zero-order valence-corrected chi connectivity index (χ0v) is 17.4. The molecular weight excluding hydrogens is 433 g/mol. The maximum absolute atomic E-state index is 12.5. The Morgan fingerprint density at radius 2 is 1.96 bits per heavy atom. The zero-order chi connectivity index (χ0) is 19.7. The molecule has 2 aromatic rings. The molecule has 0 bridgehead atoms. The first-order chi connectivity index (χ1) is 12.7. The monoisotopic (exact) mass is 449 g/mol. The van der Waals surface area contributed by atoms with Gasteiger partial charge in [0.25, 0.3) is 10.0 Å². The lowest BCUT2D eigenvalue weighted by atomic mass is 10.3. The molecule has 0 N–H and O–H groups in total. The van der Waals surface area contributed by atoms with Crippen LogP contribution in [-0.4, -0.2) is 39.0 Å². The second-order valence-electron chi connectivity index (χ2n) is 6.03. The topological polar surface area (TPSA) is 72.9 Å². The minimum atomic E-state index is -3.59. The van der Waals surface area contributed by atoms with Crippen molar-refractivity contribution in [3.05, 3.63) is 41.8 Å². The molecule has 0 spiro atoms. The molecule has 1 unspecified atom stereocenters. The molecular formula is C17H17Cl2NO5S2. The first-order valence-corrected chi connectivity index (χ1v) is 11.1. The Balaban J connectivity index is 1.52. The van der Waals surface area contributed by atoms with Crippen LogP contribution < -0.4 is 9.04 Å². The molecule has 27 heavy (non-hydrogen) atoms. The van der Waals surface area contributed by atoms with Crippen molar-refractivity contribution in [3.8, 4) is 5.75 Å². The number of halogens is 2. The maximum Gasteiger partial charge on any atom is 0.344 e. The summed E-state index contributed by atoms with van der Waals surface area (Å²) in [4.78, 5) is 11.7. The van der Waals surface area contributed by atoms with E-state index in [1.54, 1.807) is 41.8 Å². The number of sulfonamides is 1. The summed E-state index contributed by atoms with van der Waals surface area (Å²) in [7, 11) is -2.11. The van der Waals surface area contributed by atoms with Crippen molar-refractivity contribution in [3.63, 3.8) is 0 Å². The van der Waals surface area contributed by atoms with Crippen LogP contribution in [-0.2, 0) is 19.6 Å². The van der Waals surface area contributed by atoms with Gasteiger partial charge in [-0.2, -0.15) is 0 Å². The van der Waals surface area contributed by atoms with E-state index >= 15 is 0 Å². The molecule has 1 aliphatic carbocycles. The van der Waals surface area contributed by atoms with Gasteiger partial charge in [0.1, 0.15) is 14.3 Å². The number of thiophene rings is 1. The Hall–Kier alpha value is -1.48. The molecule has 1 aliphatic rings. The molecule has 0 aliphatic heterocycles. The van der Waals surface area contributed by atoms with Crippen molar-refractivity contribution in [2.45, 2.75) is 15.0 Å². The van der Waals surface area contributed by atoms with Gasteiger partial charge in [-0.25, -0.2) is 13.2 Å². The number of esters is 1. The summed E-state index contributed by atoms with van der Waals surface area (Å²) >= 11 is 12.9. The Morgan fingerprint density at radius 3 is 2.52 bits per heavy atom. The van der Waals surface area contributed by atoms with E-state index in [9.17, 15) is 13.2 Å². The molecule has 1 aromatic heterocycles. The van der Waals surface area contributed by atoms with Gasteiger partial charge in [0.15, 0.2) is 6.61 Å². The van der Waals surface area contributed by atoms with Crippen LogP contribution in [0, 0.1) is 5.92 Å². The van der Waals surface area contributed by atoms with Gasteiger partial charge in [-0.1, -0.05) is 6.07 Å². The van der Waals surface area contributed by atoms with E-state index in [2.05, 4.69) is 0 Å². The van der Waals surface area contributed by atoms with Crippen molar-refractivity contribution >= 4 is 56.2 Å². The van der Waals surface area contributed by atoms with Crippen LogP contribution in [0.4, 0.5) is 5.69 Å². The van der Waals surface area contributed by atoms with Gasteiger partial charge in [-0.3, -0.25) is 4.31 Å². The second-order valence-corrected chi connectivity index (χ2v) is 10.7. The highest BCUT2D eigenvalue weighted by Crippen LogP contribution is 2.53. The van der Waals surface area contributed by atoms with Crippen molar-refractivity contribution in [2.24, 2.45) is 5.92 Å². The summed E-state index contributed by atoms with van der Waals surface area (Å²) in [5.74, 6) is -0.134. The SMILES string of the molecule is CN(c1ccc(OCC(=O)OCC2CC2(Cl)Cl)cc1)S(=O)(=O)c1cccs1. The average Bonchev–Trinajstić information content (AvgIpc) is 3.04. The van der Waals surface area contributed by atoms with Gasteiger partial charge >= 0.3 is 5.97 Å². The molecule has 146 valence electrons. The van der Waals surface area contributed by atoms with E-state index in [0.717, 1.165) is 11.3 Å². The first-order valence-electron chi connectivity index (χ1n) is 7.99. The standard InChI is InChI=1S/C17H17Cl2NO5S2/c1-20(27(22,23)16-3-2-8-26-16)13-4-6-14(7-5-13)24-11-15(21)25-10-12-9-17(12,18)19/h2-8,12H,9-11H2,1H3. The number of hydrogen-bond donors (Lipinski definition) is 0. The molecule has 1 atom stereocenters.